The van der Waals surface area contributed by atoms with Gasteiger partial charge in [0.25, 0.3) is 5.56 Å². The summed E-state index contributed by atoms with van der Waals surface area (Å²) in [4.78, 5) is 24.5. The van der Waals surface area contributed by atoms with Crippen LogP contribution in [0.5, 0.6) is 11.8 Å². The second-order valence-corrected chi connectivity index (χ2v) is 14.2. The minimum absolute atomic E-state index is 0.0165. The zero-order valence-corrected chi connectivity index (χ0v) is 29.3. The van der Waals surface area contributed by atoms with Crippen LogP contribution < -0.4 is 15.0 Å². The molecule has 3 aromatic heterocycles. The maximum Gasteiger partial charge on any atom is 0.280 e. The highest BCUT2D eigenvalue weighted by molar-refractivity contribution is 6.36. The molecular formula is C37H35Cl2N5O6. The lowest BCUT2D eigenvalue weighted by atomic mass is 9.95. The number of methoxy groups -OCH3 is 1. The molecule has 1 aliphatic carbocycles. The SMILES string of the molecule is COc1nc(O[C@H]2CCc3c(-c4cccc(-c5nc6c(=O)n(CC(C)(C)O)cc(C#N)c6o5)c4Cl)cccc32)c(Cl)cc1CN1CC[C@@H](O)C1. The lowest BCUT2D eigenvalue weighted by Gasteiger charge is -2.20. The number of pyridine rings is 2. The molecule has 2 aliphatic rings. The molecule has 50 heavy (non-hydrogen) atoms. The molecule has 0 saturated carbocycles. The molecule has 1 saturated heterocycles. The number of nitrogens with zero attached hydrogens (tertiary/aromatic N) is 5. The molecule has 0 unspecified atom stereocenters. The van der Waals surface area contributed by atoms with Crippen LogP contribution in [0.15, 0.2) is 57.9 Å². The number of aliphatic hydroxyl groups is 2. The molecule has 11 nitrogen and oxygen atoms in total. The molecule has 7 rings (SSSR count). The van der Waals surface area contributed by atoms with Gasteiger partial charge in [-0.25, -0.2) is 4.98 Å². The van der Waals surface area contributed by atoms with E-state index in [1.165, 1.54) is 10.8 Å². The van der Waals surface area contributed by atoms with Gasteiger partial charge in [0.05, 0.1) is 35.9 Å². The Morgan fingerprint density at radius 1 is 1.10 bits per heavy atom. The second kappa shape index (κ2) is 13.4. The van der Waals surface area contributed by atoms with Crippen molar-refractivity contribution in [3.8, 4) is 40.4 Å². The van der Waals surface area contributed by atoms with Gasteiger partial charge in [-0.1, -0.05) is 53.5 Å². The number of fused-ring (bicyclic) bond motifs is 2. The number of halogens is 2. The van der Waals surface area contributed by atoms with Crippen molar-refractivity contribution in [1.29, 1.82) is 5.26 Å². The molecule has 4 heterocycles. The summed E-state index contributed by atoms with van der Waals surface area (Å²) in [5.41, 5.74) is 3.52. The average Bonchev–Trinajstić information content (AvgIpc) is 3.82. The van der Waals surface area contributed by atoms with E-state index in [9.17, 15) is 20.3 Å². The fraction of sp³-hybridized carbons (Fsp3) is 0.351. The second-order valence-electron chi connectivity index (χ2n) is 13.4. The van der Waals surface area contributed by atoms with E-state index in [0.717, 1.165) is 47.2 Å². The van der Waals surface area contributed by atoms with E-state index in [-0.39, 0.29) is 47.2 Å². The molecule has 13 heteroatoms. The van der Waals surface area contributed by atoms with Gasteiger partial charge in [-0.3, -0.25) is 9.69 Å². The predicted octanol–water partition coefficient (Wildman–Crippen LogP) is 6.31. The van der Waals surface area contributed by atoms with Crippen molar-refractivity contribution < 1.29 is 24.1 Å². The molecule has 2 atom stereocenters. The Kier molecular flexibility index (Phi) is 9.09. The third-order valence-electron chi connectivity index (χ3n) is 9.10. The van der Waals surface area contributed by atoms with Gasteiger partial charge in [0.1, 0.15) is 22.8 Å². The van der Waals surface area contributed by atoms with Gasteiger partial charge >= 0.3 is 0 Å². The van der Waals surface area contributed by atoms with Gasteiger partial charge in [0, 0.05) is 37.0 Å². The monoisotopic (exact) mass is 715 g/mol. The Bertz CT molecular complexity index is 2220. The molecule has 5 aromatic rings. The van der Waals surface area contributed by atoms with Crippen molar-refractivity contribution in [3.63, 3.8) is 0 Å². The quantitative estimate of drug-likeness (QED) is 0.178. The molecular weight excluding hydrogens is 681 g/mol. The van der Waals surface area contributed by atoms with Crippen molar-refractivity contribution in [3.05, 3.63) is 91.3 Å². The predicted molar refractivity (Wildman–Crippen MR) is 189 cm³/mol. The minimum Gasteiger partial charge on any atom is -0.481 e. The summed E-state index contributed by atoms with van der Waals surface area (Å²) in [6, 6.07) is 15.4. The van der Waals surface area contributed by atoms with Crippen LogP contribution in [-0.2, 0) is 19.5 Å². The number of oxazole rings is 1. The van der Waals surface area contributed by atoms with Crippen LogP contribution >= 0.6 is 23.2 Å². The number of aliphatic hydroxyl groups excluding tert-OH is 1. The summed E-state index contributed by atoms with van der Waals surface area (Å²) in [5, 5.41) is 30.8. The third kappa shape index (κ3) is 6.45. The number of rotatable bonds is 9. The Morgan fingerprint density at radius 3 is 2.58 bits per heavy atom. The van der Waals surface area contributed by atoms with Crippen LogP contribution in [0.1, 0.15) is 55.0 Å². The molecule has 0 bridgehead atoms. The van der Waals surface area contributed by atoms with Gasteiger partial charge in [0.15, 0.2) is 11.1 Å². The Balaban J connectivity index is 1.19. The molecule has 1 aliphatic heterocycles. The number of hydrogen-bond acceptors (Lipinski definition) is 10. The smallest absolute Gasteiger partial charge is 0.280 e. The summed E-state index contributed by atoms with van der Waals surface area (Å²) >= 11 is 13.8. The zero-order chi connectivity index (χ0) is 35.3. The summed E-state index contributed by atoms with van der Waals surface area (Å²) in [6.07, 6.45) is 2.87. The van der Waals surface area contributed by atoms with Crippen LogP contribution in [0.3, 0.4) is 0 Å². The summed E-state index contributed by atoms with van der Waals surface area (Å²) in [5.74, 6) is 0.819. The van der Waals surface area contributed by atoms with Crippen molar-refractivity contribution in [1.82, 2.24) is 19.4 Å². The molecule has 2 aromatic carbocycles. The Hall–Kier alpha value is -4.44. The van der Waals surface area contributed by atoms with Crippen LogP contribution in [-0.4, -0.2) is 61.6 Å². The van der Waals surface area contributed by atoms with E-state index in [1.807, 2.05) is 36.4 Å². The Morgan fingerprint density at radius 2 is 1.86 bits per heavy atom. The number of hydrogen-bond donors (Lipinski definition) is 2. The lowest BCUT2D eigenvalue weighted by Crippen LogP contribution is -2.32. The van der Waals surface area contributed by atoms with Crippen LogP contribution in [0.2, 0.25) is 10.0 Å². The normalized spacial score (nSPS) is 17.6. The zero-order valence-electron chi connectivity index (χ0n) is 27.7. The fourth-order valence-electron chi connectivity index (χ4n) is 6.88. The van der Waals surface area contributed by atoms with E-state index in [0.29, 0.717) is 41.0 Å². The molecule has 0 spiro atoms. The third-order valence-corrected chi connectivity index (χ3v) is 9.78. The topological polar surface area (TPSA) is 147 Å². The maximum atomic E-state index is 13.3. The molecule has 2 N–H and O–H groups in total. The first-order chi connectivity index (χ1) is 23.9. The first kappa shape index (κ1) is 34.0. The van der Waals surface area contributed by atoms with Gasteiger partial charge in [-0.2, -0.15) is 10.2 Å². The van der Waals surface area contributed by atoms with E-state index < -0.39 is 11.2 Å². The van der Waals surface area contributed by atoms with Crippen molar-refractivity contribution >= 4 is 34.3 Å². The minimum atomic E-state index is -1.19. The van der Waals surface area contributed by atoms with E-state index in [4.69, 9.17) is 37.1 Å². The highest BCUT2D eigenvalue weighted by Gasteiger charge is 2.30. The van der Waals surface area contributed by atoms with E-state index in [1.54, 1.807) is 27.0 Å². The molecule has 258 valence electrons. The molecule has 1 fully saturated rings. The molecule has 0 amide bonds. The number of aromatic nitrogens is 3. The average molecular weight is 717 g/mol. The first-order valence-electron chi connectivity index (χ1n) is 16.3. The van der Waals surface area contributed by atoms with Crippen molar-refractivity contribution in [2.75, 3.05) is 20.2 Å². The van der Waals surface area contributed by atoms with Crippen LogP contribution in [0, 0.1) is 11.3 Å². The number of β-amino-alcohol motifs (C(OH)–C–C–N with tert-alkyl or cyclic N) is 1. The Labute approximate surface area is 298 Å². The van der Waals surface area contributed by atoms with Gasteiger partial charge in [-0.05, 0) is 61.9 Å². The summed E-state index contributed by atoms with van der Waals surface area (Å²) < 4.78 is 19.3. The fourth-order valence-corrected chi connectivity index (χ4v) is 7.41. The lowest BCUT2D eigenvalue weighted by molar-refractivity contribution is 0.0605. The number of likely N-dealkylation sites (tertiary alicyclic amines) is 1. The largest absolute Gasteiger partial charge is 0.481 e. The van der Waals surface area contributed by atoms with Gasteiger partial charge < -0.3 is 28.7 Å². The highest BCUT2D eigenvalue weighted by Crippen LogP contribution is 2.45. The van der Waals surface area contributed by atoms with E-state index in [2.05, 4.69) is 20.9 Å². The number of benzene rings is 2. The standard InChI is InChI=1S/C37H35Cl2N5O6/c1-37(2,47)19-44-17-21(15-40)32-31(36(44)46)41-34(50-32)27-9-5-8-26(30(27)39)23-6-4-7-25-24(23)10-11-29(25)49-35-28(38)14-20(33(42-35)48-3)16-43-13-12-22(45)18-43/h4-9,14,17,22,29,45,47H,10-13,16,18-19H2,1-3H3/t22-,29+/m1/s1. The van der Waals surface area contributed by atoms with Crippen LogP contribution in [0.25, 0.3) is 33.7 Å². The van der Waals surface area contributed by atoms with Crippen molar-refractivity contribution in [2.45, 2.75) is 64.0 Å². The highest BCUT2D eigenvalue weighted by atomic mass is 35.5. The first-order valence-corrected chi connectivity index (χ1v) is 17.1. The van der Waals surface area contributed by atoms with E-state index >= 15 is 0 Å². The molecule has 0 radical (unpaired) electrons. The number of ether oxygens (including phenoxy) is 2. The summed E-state index contributed by atoms with van der Waals surface area (Å²) in [7, 11) is 1.56. The van der Waals surface area contributed by atoms with Gasteiger partial charge in [0.2, 0.25) is 17.7 Å². The van der Waals surface area contributed by atoms with Crippen LogP contribution in [0.4, 0.5) is 0 Å². The maximum absolute atomic E-state index is 13.3. The number of nitriles is 1. The van der Waals surface area contributed by atoms with Crippen molar-refractivity contribution in [2.24, 2.45) is 0 Å². The summed E-state index contributed by atoms with van der Waals surface area (Å²) in [6.45, 7) is 5.07. The van der Waals surface area contributed by atoms with Gasteiger partial charge in [-0.15, -0.1) is 0 Å².